The van der Waals surface area contributed by atoms with Crippen LogP contribution in [0.5, 0.6) is 0 Å². The van der Waals surface area contributed by atoms with Crippen molar-refractivity contribution >= 4 is 22.6 Å². The Labute approximate surface area is 65.2 Å². The molecule has 2 atom stereocenters. The summed E-state index contributed by atoms with van der Waals surface area (Å²) in [6.07, 6.45) is 5.85. The Balaban J connectivity index is 2.22. The molecule has 8 heavy (non-hydrogen) atoms. The highest BCUT2D eigenvalue weighted by molar-refractivity contribution is 14.1. The first kappa shape index (κ1) is 6.84. The van der Waals surface area contributed by atoms with E-state index in [1.165, 1.54) is 25.7 Å². The Kier molecular flexibility index (Phi) is 2.60. The zero-order chi connectivity index (χ0) is 5.98. The van der Waals surface area contributed by atoms with Gasteiger partial charge >= 0.3 is 0 Å². The number of rotatable bonds is 1. The molecule has 0 spiro atoms. The molecule has 0 radical (unpaired) electrons. The van der Waals surface area contributed by atoms with Crippen LogP contribution in [0.15, 0.2) is 0 Å². The molecule has 1 fully saturated rings. The summed E-state index contributed by atoms with van der Waals surface area (Å²) >= 11 is 2.57. The van der Waals surface area contributed by atoms with Crippen molar-refractivity contribution in [3.63, 3.8) is 0 Å². The molecule has 0 aromatic rings. The van der Waals surface area contributed by atoms with Crippen molar-refractivity contribution < 1.29 is 0 Å². The summed E-state index contributed by atoms with van der Waals surface area (Å²) in [6, 6.07) is 0. The lowest BCUT2D eigenvalue weighted by Crippen LogP contribution is -1.91. The van der Waals surface area contributed by atoms with Crippen LogP contribution in [-0.4, -0.2) is 3.92 Å². The molecule has 0 nitrogen and oxygen atoms in total. The lowest BCUT2D eigenvalue weighted by molar-refractivity contribution is 0.533. The van der Waals surface area contributed by atoms with Crippen molar-refractivity contribution in [2.75, 3.05) is 0 Å². The van der Waals surface area contributed by atoms with E-state index in [4.69, 9.17) is 0 Å². The Morgan fingerprint density at radius 3 is 2.50 bits per heavy atom. The Hall–Kier alpha value is 0.730. The van der Waals surface area contributed by atoms with Gasteiger partial charge in [-0.25, -0.2) is 0 Å². The molecule has 0 N–H and O–H groups in total. The molecule has 1 aliphatic carbocycles. The van der Waals surface area contributed by atoms with Gasteiger partial charge in [-0.15, -0.1) is 0 Å². The van der Waals surface area contributed by atoms with Gasteiger partial charge in [0.05, 0.1) is 0 Å². The molecule has 0 saturated heterocycles. The van der Waals surface area contributed by atoms with Gasteiger partial charge in [-0.3, -0.25) is 0 Å². The van der Waals surface area contributed by atoms with Gasteiger partial charge in [0.1, 0.15) is 0 Å². The monoisotopic (exact) mass is 224 g/mol. The maximum absolute atomic E-state index is 2.57. The van der Waals surface area contributed by atoms with E-state index in [9.17, 15) is 0 Å². The molecule has 0 aromatic carbocycles. The minimum atomic E-state index is 0.998. The summed E-state index contributed by atoms with van der Waals surface area (Å²) in [5, 5.41) is 0. The third-order valence-corrected chi connectivity index (χ3v) is 3.19. The van der Waals surface area contributed by atoms with Crippen LogP contribution in [0.3, 0.4) is 0 Å². The predicted octanol–water partition coefficient (Wildman–Crippen LogP) is 3.00. The Bertz CT molecular complexity index is 70.8. The summed E-state index contributed by atoms with van der Waals surface area (Å²) in [7, 11) is 0. The van der Waals surface area contributed by atoms with Crippen molar-refractivity contribution in [1.29, 1.82) is 0 Å². The van der Waals surface area contributed by atoms with E-state index in [0.29, 0.717) is 0 Å². The van der Waals surface area contributed by atoms with Crippen molar-refractivity contribution in [2.45, 2.75) is 36.5 Å². The van der Waals surface area contributed by atoms with Gasteiger partial charge in [-0.1, -0.05) is 35.9 Å². The van der Waals surface area contributed by atoms with Gasteiger partial charge in [-0.2, -0.15) is 0 Å². The second-order valence-electron chi connectivity index (χ2n) is 2.68. The molecule has 1 rings (SSSR count). The molecule has 1 aliphatic rings. The fourth-order valence-electron chi connectivity index (χ4n) is 1.38. The fraction of sp³-hybridized carbons (Fsp3) is 1.00. The average Bonchev–Trinajstić information content (AvgIpc) is 2.14. The summed E-state index contributed by atoms with van der Waals surface area (Å²) in [5.41, 5.74) is 0. The number of hydrogen-bond donors (Lipinski definition) is 0. The van der Waals surface area contributed by atoms with Crippen LogP contribution < -0.4 is 0 Å². The third kappa shape index (κ3) is 1.61. The SMILES string of the molecule is CCC1CCC(I)C1. The Morgan fingerprint density at radius 1 is 1.50 bits per heavy atom. The first-order chi connectivity index (χ1) is 3.83. The number of hydrogen-bond acceptors (Lipinski definition) is 0. The van der Waals surface area contributed by atoms with Crippen LogP contribution in [0.25, 0.3) is 0 Å². The molecule has 1 heteroatoms. The average molecular weight is 224 g/mol. The molecule has 48 valence electrons. The molecule has 0 amide bonds. The summed E-state index contributed by atoms with van der Waals surface area (Å²) < 4.78 is 0.998. The molecule has 2 unspecified atom stereocenters. The largest absolute Gasteiger partial charge is 0.0826 e. The number of halogens is 1. The zero-order valence-corrected chi connectivity index (χ0v) is 7.52. The molecular weight excluding hydrogens is 211 g/mol. The molecule has 0 aliphatic heterocycles. The highest BCUT2D eigenvalue weighted by Crippen LogP contribution is 2.32. The summed E-state index contributed by atoms with van der Waals surface area (Å²) in [6.45, 7) is 2.30. The van der Waals surface area contributed by atoms with E-state index in [1.54, 1.807) is 0 Å². The van der Waals surface area contributed by atoms with Crippen LogP contribution >= 0.6 is 22.6 Å². The minimum Gasteiger partial charge on any atom is -0.0826 e. The van der Waals surface area contributed by atoms with Crippen LogP contribution in [0, 0.1) is 5.92 Å². The van der Waals surface area contributed by atoms with E-state index in [1.807, 2.05) is 0 Å². The topological polar surface area (TPSA) is 0 Å². The van der Waals surface area contributed by atoms with Crippen LogP contribution in [0.1, 0.15) is 32.6 Å². The lowest BCUT2D eigenvalue weighted by Gasteiger charge is -2.01. The highest BCUT2D eigenvalue weighted by Gasteiger charge is 2.19. The fourth-order valence-corrected chi connectivity index (χ4v) is 2.46. The lowest BCUT2D eigenvalue weighted by atomic mass is 10.1. The molecule has 0 bridgehead atoms. The van der Waals surface area contributed by atoms with Crippen molar-refractivity contribution in [3.05, 3.63) is 0 Å². The van der Waals surface area contributed by atoms with Gasteiger partial charge in [0.15, 0.2) is 0 Å². The van der Waals surface area contributed by atoms with Gasteiger partial charge in [0.2, 0.25) is 0 Å². The smallest absolute Gasteiger partial charge is 0.0112 e. The van der Waals surface area contributed by atoms with Crippen LogP contribution in [0.4, 0.5) is 0 Å². The zero-order valence-electron chi connectivity index (χ0n) is 5.36. The number of alkyl halides is 1. The molecule has 0 heterocycles. The van der Waals surface area contributed by atoms with E-state index >= 15 is 0 Å². The van der Waals surface area contributed by atoms with Gasteiger partial charge in [0, 0.05) is 3.92 Å². The normalized spacial score (nSPS) is 38.2. The van der Waals surface area contributed by atoms with Gasteiger partial charge in [-0.05, 0) is 25.2 Å². The minimum absolute atomic E-state index is 0.998. The highest BCUT2D eigenvalue weighted by atomic mass is 127. The van der Waals surface area contributed by atoms with E-state index in [-0.39, 0.29) is 0 Å². The van der Waals surface area contributed by atoms with Crippen LogP contribution in [0.2, 0.25) is 0 Å². The van der Waals surface area contributed by atoms with Crippen molar-refractivity contribution in [3.8, 4) is 0 Å². The van der Waals surface area contributed by atoms with Gasteiger partial charge < -0.3 is 0 Å². The van der Waals surface area contributed by atoms with Gasteiger partial charge in [0.25, 0.3) is 0 Å². The standard InChI is InChI=1S/C7H13I/c1-2-6-3-4-7(8)5-6/h6-7H,2-5H2,1H3. The summed E-state index contributed by atoms with van der Waals surface area (Å²) in [5.74, 6) is 1.07. The maximum Gasteiger partial charge on any atom is 0.0112 e. The van der Waals surface area contributed by atoms with E-state index < -0.39 is 0 Å². The van der Waals surface area contributed by atoms with Crippen molar-refractivity contribution in [2.24, 2.45) is 5.92 Å². The quantitative estimate of drug-likeness (QED) is 0.474. The second-order valence-corrected chi connectivity index (χ2v) is 4.45. The third-order valence-electron chi connectivity index (χ3n) is 2.05. The van der Waals surface area contributed by atoms with E-state index in [2.05, 4.69) is 29.5 Å². The summed E-state index contributed by atoms with van der Waals surface area (Å²) in [4.78, 5) is 0. The first-order valence-corrected chi connectivity index (χ1v) is 4.71. The van der Waals surface area contributed by atoms with Crippen LogP contribution in [-0.2, 0) is 0 Å². The van der Waals surface area contributed by atoms with E-state index in [0.717, 1.165) is 9.84 Å². The first-order valence-electron chi connectivity index (χ1n) is 3.47. The maximum atomic E-state index is 2.57. The molecular formula is C7H13I. The van der Waals surface area contributed by atoms with Crippen molar-refractivity contribution in [1.82, 2.24) is 0 Å². The predicted molar refractivity (Wildman–Crippen MR) is 45.4 cm³/mol. The molecule has 1 saturated carbocycles. The molecule has 0 aromatic heterocycles. The Morgan fingerprint density at radius 2 is 2.25 bits per heavy atom. The second kappa shape index (κ2) is 3.04.